The molecule has 5 heteroatoms. The summed E-state index contributed by atoms with van der Waals surface area (Å²) in [6, 6.07) is 0. The van der Waals surface area contributed by atoms with E-state index in [0.29, 0.717) is 16.5 Å². The van der Waals surface area contributed by atoms with Gasteiger partial charge in [-0.25, -0.2) is 0 Å². The number of hydrogen-bond donors (Lipinski definition) is 2. The summed E-state index contributed by atoms with van der Waals surface area (Å²) >= 11 is 1.49. The van der Waals surface area contributed by atoms with Crippen molar-refractivity contribution in [2.75, 3.05) is 5.32 Å². The van der Waals surface area contributed by atoms with Gasteiger partial charge in [-0.15, -0.1) is 11.3 Å². The van der Waals surface area contributed by atoms with Crippen molar-refractivity contribution in [3.05, 3.63) is 16.0 Å². The Bertz CT molecular complexity index is 479. The van der Waals surface area contributed by atoms with E-state index in [-0.39, 0.29) is 5.91 Å². The fraction of sp³-hybridized carbons (Fsp3) is 0.500. The van der Waals surface area contributed by atoms with Crippen molar-refractivity contribution < 1.29 is 9.59 Å². The standard InChI is InChI=1S/C12H16N2O2S/c1-6-3-4-8-9(5-6)17-12(14-7(2)15)10(8)11(13)16/h6H,3-5H2,1-2H3,(H2,13,16)(H,14,15)/t6-/m0/s1. The number of carbonyl (C=O) groups is 2. The molecule has 2 amide bonds. The Morgan fingerprint density at radius 1 is 1.47 bits per heavy atom. The van der Waals surface area contributed by atoms with Crippen molar-refractivity contribution in [2.45, 2.75) is 33.1 Å². The molecule has 17 heavy (non-hydrogen) atoms. The predicted molar refractivity (Wildman–Crippen MR) is 68.3 cm³/mol. The minimum absolute atomic E-state index is 0.167. The Balaban J connectivity index is 2.46. The molecule has 2 rings (SSSR count). The molecule has 0 saturated carbocycles. The highest BCUT2D eigenvalue weighted by Gasteiger charge is 2.26. The van der Waals surface area contributed by atoms with Crippen LogP contribution in [0.1, 0.15) is 41.1 Å². The zero-order valence-corrected chi connectivity index (χ0v) is 10.8. The van der Waals surface area contributed by atoms with E-state index in [9.17, 15) is 9.59 Å². The van der Waals surface area contributed by atoms with E-state index in [0.717, 1.165) is 24.8 Å². The van der Waals surface area contributed by atoms with Gasteiger partial charge in [0.15, 0.2) is 0 Å². The van der Waals surface area contributed by atoms with Gasteiger partial charge in [0.2, 0.25) is 5.91 Å². The molecule has 1 aliphatic rings. The molecule has 0 aromatic carbocycles. The number of anilines is 1. The average molecular weight is 252 g/mol. The topological polar surface area (TPSA) is 72.2 Å². The van der Waals surface area contributed by atoms with Gasteiger partial charge >= 0.3 is 0 Å². The summed E-state index contributed by atoms with van der Waals surface area (Å²) in [5.74, 6) is 0.0204. The summed E-state index contributed by atoms with van der Waals surface area (Å²) in [6.45, 7) is 3.64. The van der Waals surface area contributed by atoms with Crippen molar-refractivity contribution in [1.82, 2.24) is 0 Å². The first-order valence-corrected chi connectivity index (χ1v) is 6.52. The Kier molecular flexibility index (Phi) is 3.19. The molecular weight excluding hydrogens is 236 g/mol. The quantitative estimate of drug-likeness (QED) is 0.844. The second-order valence-electron chi connectivity index (χ2n) is 4.60. The SMILES string of the molecule is CC(=O)Nc1sc2c(c1C(N)=O)CC[C@H](C)C2. The molecule has 1 aromatic heterocycles. The van der Waals surface area contributed by atoms with Gasteiger partial charge < -0.3 is 11.1 Å². The average Bonchev–Trinajstić information content (AvgIpc) is 2.53. The summed E-state index contributed by atoms with van der Waals surface area (Å²) in [7, 11) is 0. The third-order valence-electron chi connectivity index (χ3n) is 3.05. The summed E-state index contributed by atoms with van der Waals surface area (Å²) in [5, 5.41) is 3.32. The van der Waals surface area contributed by atoms with Crippen LogP contribution in [0.2, 0.25) is 0 Å². The van der Waals surface area contributed by atoms with Gasteiger partial charge in [-0.1, -0.05) is 6.92 Å². The van der Waals surface area contributed by atoms with E-state index in [4.69, 9.17) is 5.73 Å². The van der Waals surface area contributed by atoms with Crippen molar-refractivity contribution in [1.29, 1.82) is 0 Å². The van der Waals surface area contributed by atoms with Crippen LogP contribution in [0.25, 0.3) is 0 Å². The molecule has 0 aliphatic heterocycles. The normalized spacial score (nSPS) is 18.6. The van der Waals surface area contributed by atoms with Crippen LogP contribution in [-0.4, -0.2) is 11.8 Å². The molecule has 0 spiro atoms. The number of hydrogen-bond acceptors (Lipinski definition) is 3. The Hall–Kier alpha value is -1.36. The molecule has 4 nitrogen and oxygen atoms in total. The number of nitrogens with two attached hydrogens (primary N) is 1. The summed E-state index contributed by atoms with van der Waals surface area (Å²) in [4.78, 5) is 23.8. The van der Waals surface area contributed by atoms with Gasteiger partial charge in [0, 0.05) is 11.8 Å². The lowest BCUT2D eigenvalue weighted by Crippen LogP contribution is -2.18. The van der Waals surface area contributed by atoms with Gasteiger partial charge in [0.05, 0.1) is 5.56 Å². The highest BCUT2D eigenvalue weighted by atomic mass is 32.1. The van der Waals surface area contributed by atoms with E-state index in [1.54, 1.807) is 0 Å². The maximum absolute atomic E-state index is 11.5. The van der Waals surface area contributed by atoms with Crippen molar-refractivity contribution >= 4 is 28.2 Å². The van der Waals surface area contributed by atoms with E-state index < -0.39 is 5.91 Å². The van der Waals surface area contributed by atoms with Gasteiger partial charge in [-0.3, -0.25) is 9.59 Å². The molecule has 0 fully saturated rings. The van der Waals surface area contributed by atoms with Crippen LogP contribution in [0.15, 0.2) is 0 Å². The lowest BCUT2D eigenvalue weighted by atomic mass is 9.88. The lowest BCUT2D eigenvalue weighted by molar-refractivity contribution is -0.114. The maximum atomic E-state index is 11.5. The van der Waals surface area contributed by atoms with Gasteiger partial charge in [0.25, 0.3) is 5.91 Å². The van der Waals surface area contributed by atoms with E-state index in [1.165, 1.54) is 23.1 Å². The van der Waals surface area contributed by atoms with Crippen molar-refractivity contribution in [2.24, 2.45) is 11.7 Å². The maximum Gasteiger partial charge on any atom is 0.251 e. The van der Waals surface area contributed by atoms with Crippen LogP contribution in [0.5, 0.6) is 0 Å². The fourth-order valence-electron chi connectivity index (χ4n) is 2.26. The van der Waals surface area contributed by atoms with Crippen LogP contribution in [0.4, 0.5) is 5.00 Å². The van der Waals surface area contributed by atoms with E-state index >= 15 is 0 Å². The molecule has 92 valence electrons. The van der Waals surface area contributed by atoms with Crippen molar-refractivity contribution in [3.8, 4) is 0 Å². The zero-order valence-electron chi connectivity index (χ0n) is 10.0. The molecule has 0 radical (unpaired) electrons. The second kappa shape index (κ2) is 4.49. The molecule has 0 saturated heterocycles. The van der Waals surface area contributed by atoms with Crippen LogP contribution in [0, 0.1) is 5.92 Å². The summed E-state index contributed by atoms with van der Waals surface area (Å²) < 4.78 is 0. The highest BCUT2D eigenvalue weighted by molar-refractivity contribution is 7.17. The van der Waals surface area contributed by atoms with Gasteiger partial charge in [-0.2, -0.15) is 0 Å². The van der Waals surface area contributed by atoms with Crippen LogP contribution in [-0.2, 0) is 17.6 Å². The fourth-order valence-corrected chi connectivity index (χ4v) is 3.72. The number of thiophene rings is 1. The van der Waals surface area contributed by atoms with E-state index in [1.807, 2.05) is 0 Å². The Morgan fingerprint density at radius 3 is 2.76 bits per heavy atom. The highest BCUT2D eigenvalue weighted by Crippen LogP contribution is 2.39. The Morgan fingerprint density at radius 2 is 2.18 bits per heavy atom. The molecule has 1 atom stereocenters. The monoisotopic (exact) mass is 252 g/mol. The summed E-state index contributed by atoms with van der Waals surface area (Å²) in [6.07, 6.45) is 2.92. The third kappa shape index (κ3) is 2.34. The molecule has 1 heterocycles. The summed E-state index contributed by atoms with van der Waals surface area (Å²) in [5.41, 5.74) is 6.98. The molecule has 0 bridgehead atoms. The number of rotatable bonds is 2. The minimum Gasteiger partial charge on any atom is -0.365 e. The lowest BCUT2D eigenvalue weighted by Gasteiger charge is -2.18. The molecule has 3 N–H and O–H groups in total. The zero-order chi connectivity index (χ0) is 12.6. The van der Waals surface area contributed by atoms with Crippen LogP contribution in [0.3, 0.4) is 0 Å². The smallest absolute Gasteiger partial charge is 0.251 e. The molecular formula is C12H16N2O2S. The minimum atomic E-state index is -0.444. The first kappa shape index (κ1) is 12.1. The van der Waals surface area contributed by atoms with Gasteiger partial charge in [-0.05, 0) is 30.7 Å². The predicted octanol–water partition coefficient (Wildman–Crippen LogP) is 1.93. The second-order valence-corrected chi connectivity index (χ2v) is 5.71. The molecule has 0 unspecified atom stereocenters. The number of primary amides is 1. The Labute approximate surface area is 104 Å². The number of amides is 2. The number of fused-ring (bicyclic) bond motifs is 1. The largest absolute Gasteiger partial charge is 0.365 e. The first-order valence-electron chi connectivity index (χ1n) is 5.71. The number of nitrogens with one attached hydrogen (secondary N) is 1. The number of carbonyl (C=O) groups excluding carboxylic acids is 2. The molecule has 1 aliphatic carbocycles. The van der Waals surface area contributed by atoms with Gasteiger partial charge in [0.1, 0.15) is 5.00 Å². The van der Waals surface area contributed by atoms with Crippen molar-refractivity contribution in [3.63, 3.8) is 0 Å². The van der Waals surface area contributed by atoms with E-state index in [2.05, 4.69) is 12.2 Å². The third-order valence-corrected chi connectivity index (χ3v) is 4.22. The molecule has 1 aromatic rings. The first-order chi connectivity index (χ1) is 7.99. The van der Waals surface area contributed by atoms with Crippen LogP contribution >= 0.6 is 11.3 Å². The van der Waals surface area contributed by atoms with Crippen LogP contribution < -0.4 is 11.1 Å².